The molecule has 1 amide bonds. The van der Waals surface area contributed by atoms with Gasteiger partial charge in [0.05, 0.1) is 13.2 Å². The number of ether oxygens (including phenoxy) is 1. The van der Waals surface area contributed by atoms with Gasteiger partial charge in [-0.25, -0.2) is 4.98 Å². The van der Waals surface area contributed by atoms with Crippen molar-refractivity contribution in [1.82, 2.24) is 25.0 Å². The van der Waals surface area contributed by atoms with E-state index < -0.39 is 0 Å². The molecular formula is C16H22N6O3. The van der Waals surface area contributed by atoms with Gasteiger partial charge < -0.3 is 19.9 Å². The first kappa shape index (κ1) is 17.3. The summed E-state index contributed by atoms with van der Waals surface area (Å²) in [5, 5.41) is 3.91. The lowest BCUT2D eigenvalue weighted by Crippen LogP contribution is -2.42. The van der Waals surface area contributed by atoms with Gasteiger partial charge in [0.1, 0.15) is 17.6 Å². The van der Waals surface area contributed by atoms with Gasteiger partial charge in [-0.2, -0.15) is 4.98 Å². The lowest BCUT2D eigenvalue weighted by Gasteiger charge is -2.32. The monoisotopic (exact) mass is 346 g/mol. The number of aromatic nitrogens is 4. The number of hydrogen-bond donors (Lipinski definition) is 1. The first-order valence-electron chi connectivity index (χ1n) is 8.33. The Bertz CT molecular complexity index is 732. The lowest BCUT2D eigenvalue weighted by atomic mass is 10.1. The van der Waals surface area contributed by atoms with Gasteiger partial charge >= 0.3 is 0 Å². The number of carbonyl (C=O) groups excluding carboxylic acids is 1. The molecule has 2 N–H and O–H groups in total. The molecule has 134 valence electrons. The summed E-state index contributed by atoms with van der Waals surface area (Å²) in [6.45, 7) is 5.36. The van der Waals surface area contributed by atoms with E-state index in [1.54, 1.807) is 11.1 Å². The zero-order valence-electron chi connectivity index (χ0n) is 14.4. The average Bonchev–Trinajstić information content (AvgIpc) is 3.09. The molecule has 0 spiro atoms. The van der Waals surface area contributed by atoms with Crippen LogP contribution in [0.5, 0.6) is 0 Å². The first-order valence-corrected chi connectivity index (χ1v) is 8.33. The van der Waals surface area contributed by atoms with E-state index >= 15 is 0 Å². The molecule has 25 heavy (non-hydrogen) atoms. The summed E-state index contributed by atoms with van der Waals surface area (Å²) in [6, 6.07) is 0. The smallest absolute Gasteiger partial charge is 0.227 e. The molecule has 1 unspecified atom stereocenters. The summed E-state index contributed by atoms with van der Waals surface area (Å²) in [5.41, 5.74) is 6.42. The molecule has 1 aliphatic rings. The Morgan fingerprint density at radius 3 is 2.92 bits per heavy atom. The summed E-state index contributed by atoms with van der Waals surface area (Å²) in [7, 11) is 0. The number of hydrogen-bond acceptors (Lipinski definition) is 8. The van der Waals surface area contributed by atoms with E-state index in [1.165, 1.54) is 6.20 Å². The Labute approximate surface area is 145 Å². The number of aryl methyl sites for hydroxylation is 1. The number of nitrogens with zero attached hydrogens (tertiary/aromatic N) is 5. The van der Waals surface area contributed by atoms with Gasteiger partial charge in [-0.05, 0) is 0 Å². The molecule has 9 heteroatoms. The average molecular weight is 346 g/mol. The van der Waals surface area contributed by atoms with Crippen LogP contribution in [0.4, 0.5) is 5.82 Å². The molecule has 2 aromatic heterocycles. The largest absolute Gasteiger partial charge is 0.382 e. The highest BCUT2D eigenvalue weighted by atomic mass is 16.5. The van der Waals surface area contributed by atoms with Crippen LogP contribution < -0.4 is 5.73 Å². The van der Waals surface area contributed by atoms with Crippen LogP contribution in [0.2, 0.25) is 0 Å². The van der Waals surface area contributed by atoms with Crippen molar-refractivity contribution < 1.29 is 14.1 Å². The number of morpholine rings is 1. The lowest BCUT2D eigenvalue weighted by molar-refractivity contribution is -0.139. The molecule has 0 radical (unpaired) electrons. The highest BCUT2D eigenvalue weighted by Gasteiger charge is 2.28. The van der Waals surface area contributed by atoms with E-state index in [0.717, 1.165) is 0 Å². The van der Waals surface area contributed by atoms with Crippen molar-refractivity contribution >= 4 is 11.7 Å². The summed E-state index contributed by atoms with van der Waals surface area (Å²) >= 11 is 0. The Hall–Kier alpha value is -2.55. The van der Waals surface area contributed by atoms with Crippen LogP contribution in [0.1, 0.15) is 49.7 Å². The van der Waals surface area contributed by atoms with Crippen LogP contribution in [0.25, 0.3) is 0 Å². The number of rotatable bonds is 5. The maximum absolute atomic E-state index is 12.5. The van der Waals surface area contributed by atoms with Crippen LogP contribution in [0.15, 0.2) is 16.9 Å². The van der Waals surface area contributed by atoms with Crippen LogP contribution >= 0.6 is 0 Å². The van der Waals surface area contributed by atoms with Gasteiger partial charge in [-0.1, -0.05) is 19.0 Å². The Balaban J connectivity index is 1.57. The second-order valence-corrected chi connectivity index (χ2v) is 6.23. The fraction of sp³-hybridized carbons (Fsp3) is 0.562. The van der Waals surface area contributed by atoms with Crippen molar-refractivity contribution in [2.24, 2.45) is 0 Å². The highest BCUT2D eigenvalue weighted by molar-refractivity contribution is 5.76. The molecule has 0 bridgehead atoms. The highest BCUT2D eigenvalue weighted by Crippen LogP contribution is 2.24. The third kappa shape index (κ3) is 4.11. The van der Waals surface area contributed by atoms with Crippen molar-refractivity contribution in [3.63, 3.8) is 0 Å². The van der Waals surface area contributed by atoms with E-state index in [-0.39, 0.29) is 17.9 Å². The fourth-order valence-electron chi connectivity index (χ4n) is 2.62. The normalized spacial score (nSPS) is 17.9. The predicted octanol–water partition coefficient (Wildman–Crippen LogP) is 1.10. The zero-order chi connectivity index (χ0) is 17.8. The quantitative estimate of drug-likeness (QED) is 0.854. The summed E-state index contributed by atoms with van der Waals surface area (Å²) < 4.78 is 10.9. The minimum absolute atomic E-state index is 0.0139. The fourth-order valence-corrected chi connectivity index (χ4v) is 2.62. The van der Waals surface area contributed by atoms with Crippen LogP contribution in [0.3, 0.4) is 0 Å². The predicted molar refractivity (Wildman–Crippen MR) is 88.4 cm³/mol. The SMILES string of the molecule is CC(C)c1noc(CCC(=O)N2CCOC(c3nccnc3N)C2)n1. The number of amides is 1. The molecule has 1 atom stereocenters. The second kappa shape index (κ2) is 7.56. The minimum atomic E-state index is -0.359. The second-order valence-electron chi connectivity index (χ2n) is 6.23. The maximum Gasteiger partial charge on any atom is 0.227 e. The van der Waals surface area contributed by atoms with Crippen molar-refractivity contribution in [2.75, 3.05) is 25.4 Å². The first-order chi connectivity index (χ1) is 12.0. The molecule has 0 aromatic carbocycles. The zero-order valence-corrected chi connectivity index (χ0v) is 14.4. The summed E-state index contributed by atoms with van der Waals surface area (Å²) in [5.74, 6) is 1.69. The molecule has 1 saturated heterocycles. The van der Waals surface area contributed by atoms with Gasteiger partial charge in [0.15, 0.2) is 5.82 Å². The number of carbonyl (C=O) groups is 1. The number of anilines is 1. The van der Waals surface area contributed by atoms with Gasteiger partial charge in [-0.3, -0.25) is 9.78 Å². The topological polar surface area (TPSA) is 120 Å². The van der Waals surface area contributed by atoms with Crippen molar-refractivity contribution in [3.05, 3.63) is 29.8 Å². The molecule has 1 aliphatic heterocycles. The third-order valence-electron chi connectivity index (χ3n) is 4.03. The molecular weight excluding hydrogens is 324 g/mol. The van der Waals surface area contributed by atoms with Crippen molar-refractivity contribution in [2.45, 2.75) is 38.7 Å². The van der Waals surface area contributed by atoms with E-state index in [4.69, 9.17) is 15.0 Å². The van der Waals surface area contributed by atoms with Crippen LogP contribution in [-0.4, -0.2) is 50.6 Å². The number of nitrogens with two attached hydrogens (primary N) is 1. The molecule has 0 aliphatic carbocycles. The van der Waals surface area contributed by atoms with E-state index in [2.05, 4.69) is 20.1 Å². The van der Waals surface area contributed by atoms with E-state index in [1.807, 2.05) is 13.8 Å². The molecule has 9 nitrogen and oxygen atoms in total. The molecule has 1 fully saturated rings. The number of nitrogen functional groups attached to an aromatic ring is 1. The Morgan fingerprint density at radius 1 is 1.40 bits per heavy atom. The summed E-state index contributed by atoms with van der Waals surface area (Å²) in [6.07, 6.45) is 3.47. The third-order valence-corrected chi connectivity index (χ3v) is 4.03. The van der Waals surface area contributed by atoms with E-state index in [9.17, 15) is 4.79 Å². The van der Waals surface area contributed by atoms with Gasteiger partial charge in [0, 0.05) is 37.7 Å². The molecule has 3 rings (SSSR count). The minimum Gasteiger partial charge on any atom is -0.382 e. The maximum atomic E-state index is 12.5. The van der Waals surface area contributed by atoms with Crippen molar-refractivity contribution in [3.8, 4) is 0 Å². The van der Waals surface area contributed by atoms with Gasteiger partial charge in [0.25, 0.3) is 0 Å². The Kier molecular flexibility index (Phi) is 5.22. The van der Waals surface area contributed by atoms with Crippen LogP contribution in [-0.2, 0) is 16.0 Å². The molecule has 0 saturated carbocycles. The summed E-state index contributed by atoms with van der Waals surface area (Å²) in [4.78, 5) is 26.8. The standard InChI is InChI=1S/C16H22N6O3/c1-10(2)16-20-12(25-21-16)3-4-13(23)22-7-8-24-11(9-22)14-15(17)19-6-5-18-14/h5-6,10-11H,3-4,7-9H2,1-2H3,(H2,17,19). The van der Waals surface area contributed by atoms with Crippen LogP contribution in [0, 0.1) is 0 Å². The van der Waals surface area contributed by atoms with Crippen molar-refractivity contribution in [1.29, 1.82) is 0 Å². The molecule has 2 aromatic rings. The van der Waals surface area contributed by atoms with Gasteiger partial charge in [-0.15, -0.1) is 0 Å². The Morgan fingerprint density at radius 2 is 2.20 bits per heavy atom. The van der Waals surface area contributed by atoms with E-state index in [0.29, 0.717) is 55.8 Å². The van der Waals surface area contributed by atoms with Gasteiger partial charge in [0.2, 0.25) is 11.8 Å². The molecule has 3 heterocycles.